The molecule has 36 heavy (non-hydrogen) atoms. The molecule has 0 spiro atoms. The van der Waals surface area contributed by atoms with Crippen molar-refractivity contribution < 1.29 is 18.6 Å². The molecule has 188 valence electrons. The molecule has 0 aliphatic carbocycles. The maximum atomic E-state index is 5.88. The average molecular weight is 486 g/mol. The van der Waals surface area contributed by atoms with Gasteiger partial charge in [0.1, 0.15) is 23.0 Å². The van der Waals surface area contributed by atoms with Gasteiger partial charge in [-0.25, -0.2) is 0 Å². The lowest BCUT2D eigenvalue weighted by Gasteiger charge is -2.18. The smallest absolute Gasteiger partial charge is 0.290 e. The number of rotatable bonds is 10. The predicted molar refractivity (Wildman–Crippen MR) is 147 cm³/mol. The Bertz CT molecular complexity index is 1230. The molecule has 1 atom stereocenters. The maximum absolute atomic E-state index is 5.88. The van der Waals surface area contributed by atoms with Crippen LogP contribution in [0, 0.1) is 0 Å². The molecule has 4 aromatic rings. The Kier molecular flexibility index (Phi) is 9.64. The Hall–Kier alpha value is -4.12. The van der Waals surface area contributed by atoms with Gasteiger partial charge in [0, 0.05) is 11.8 Å². The molecule has 0 amide bonds. The number of hydrogen-bond acceptors (Lipinski definition) is 5. The van der Waals surface area contributed by atoms with Crippen molar-refractivity contribution >= 4 is 11.4 Å². The van der Waals surface area contributed by atoms with Gasteiger partial charge in [-0.05, 0) is 78.6 Å². The number of ether oxygens (including phenoxy) is 3. The van der Waals surface area contributed by atoms with E-state index in [1.807, 2.05) is 86.6 Å². The van der Waals surface area contributed by atoms with Gasteiger partial charge in [0.15, 0.2) is 5.76 Å². The molecule has 5 nitrogen and oxygen atoms in total. The first-order chi connectivity index (χ1) is 17.6. The summed E-state index contributed by atoms with van der Waals surface area (Å²) in [6.07, 6.45) is 1.02. The quantitative estimate of drug-likeness (QED) is 0.242. The molecule has 0 bridgehead atoms. The molecule has 0 saturated carbocycles. The molecule has 1 N–H and O–H groups in total. The van der Waals surface area contributed by atoms with Crippen LogP contribution in [0.25, 0.3) is 5.70 Å². The molecule has 0 saturated heterocycles. The lowest BCUT2D eigenvalue weighted by molar-refractivity contribution is 0.342. The summed E-state index contributed by atoms with van der Waals surface area (Å²) in [4.78, 5) is 0. The van der Waals surface area contributed by atoms with Crippen LogP contribution in [-0.4, -0.2) is 7.11 Å². The van der Waals surface area contributed by atoms with E-state index < -0.39 is 0 Å². The molecule has 1 unspecified atom stereocenters. The Balaban J connectivity index is 0.00000176. The molecule has 0 aliphatic heterocycles. The average Bonchev–Trinajstić information content (AvgIpc) is 3.40. The normalized spacial score (nSPS) is 11.0. The molecule has 0 radical (unpaired) electrons. The first-order valence-electron chi connectivity index (χ1n) is 12.3. The minimum Gasteiger partial charge on any atom is -0.497 e. The predicted octanol–water partition coefficient (Wildman–Crippen LogP) is 9.50. The van der Waals surface area contributed by atoms with Crippen molar-refractivity contribution in [2.75, 3.05) is 12.4 Å². The van der Waals surface area contributed by atoms with Crippen molar-refractivity contribution in [2.24, 2.45) is 0 Å². The van der Waals surface area contributed by atoms with Crippen LogP contribution in [0.2, 0.25) is 0 Å². The molecular weight excluding hydrogens is 450 g/mol. The summed E-state index contributed by atoms with van der Waals surface area (Å²) in [5, 5.41) is 3.39. The summed E-state index contributed by atoms with van der Waals surface area (Å²) in [5.74, 6) is 4.35. The van der Waals surface area contributed by atoms with E-state index in [0.29, 0.717) is 29.1 Å². The van der Waals surface area contributed by atoms with Crippen LogP contribution in [0.4, 0.5) is 5.69 Å². The van der Waals surface area contributed by atoms with E-state index >= 15 is 0 Å². The Morgan fingerprint density at radius 3 is 2.08 bits per heavy atom. The summed E-state index contributed by atoms with van der Waals surface area (Å²) in [5.41, 5.74) is 2.80. The van der Waals surface area contributed by atoms with Gasteiger partial charge in [0.25, 0.3) is 5.95 Å². The molecule has 4 rings (SSSR count). The van der Waals surface area contributed by atoms with Crippen molar-refractivity contribution in [2.45, 2.75) is 40.0 Å². The first-order valence-corrected chi connectivity index (χ1v) is 12.3. The fourth-order valence-corrected chi connectivity index (χ4v) is 3.49. The monoisotopic (exact) mass is 485 g/mol. The highest BCUT2D eigenvalue weighted by Crippen LogP contribution is 2.34. The first kappa shape index (κ1) is 26.5. The number of hydrogen-bond donors (Lipinski definition) is 1. The highest BCUT2D eigenvalue weighted by Gasteiger charge is 2.14. The number of methoxy groups -OCH3 is 1. The van der Waals surface area contributed by atoms with E-state index in [4.69, 9.17) is 18.6 Å². The fraction of sp³-hybridized carbons (Fsp3) is 0.226. The third-order valence-corrected chi connectivity index (χ3v) is 5.59. The van der Waals surface area contributed by atoms with Gasteiger partial charge in [-0.15, -0.1) is 0 Å². The van der Waals surface area contributed by atoms with E-state index in [1.54, 1.807) is 13.2 Å². The molecule has 0 aliphatic rings. The second-order valence-corrected chi connectivity index (χ2v) is 7.97. The van der Waals surface area contributed by atoms with Crippen LogP contribution in [0.3, 0.4) is 0 Å². The summed E-state index contributed by atoms with van der Waals surface area (Å²) in [7, 11) is 1.68. The minimum absolute atomic E-state index is 0.370. The Morgan fingerprint density at radius 2 is 1.44 bits per heavy atom. The van der Waals surface area contributed by atoms with Gasteiger partial charge in [-0.1, -0.05) is 52.5 Å². The van der Waals surface area contributed by atoms with Crippen LogP contribution >= 0.6 is 0 Å². The number of furan rings is 1. The van der Waals surface area contributed by atoms with Crippen LogP contribution in [0.1, 0.15) is 51.4 Å². The molecule has 3 aromatic carbocycles. The third-order valence-electron chi connectivity index (χ3n) is 5.59. The van der Waals surface area contributed by atoms with Gasteiger partial charge in [-0.3, -0.25) is 0 Å². The molecule has 0 fully saturated rings. The SMILES string of the molecule is C=C(Nc1ccc(OC)cc1C(C)CC)c1ccc(Oc2ccc(Oc3ccccc3)cc2)o1.CC. The number of nitrogens with one attached hydrogen (secondary N) is 1. The lowest BCUT2D eigenvalue weighted by Crippen LogP contribution is -2.03. The largest absolute Gasteiger partial charge is 0.497 e. The van der Waals surface area contributed by atoms with Crippen molar-refractivity contribution in [1.82, 2.24) is 0 Å². The maximum Gasteiger partial charge on any atom is 0.290 e. The standard InChI is InChI=1S/C29H29NO4.C2H6/c1-5-20(2)26-19-25(31-4)15-16-27(26)30-21(3)28-17-18-29(34-28)33-24-13-11-23(12-14-24)32-22-9-7-6-8-10-22;1-2/h6-20,30H,3,5H2,1-2,4H3;1-2H3. The number of benzene rings is 3. The van der Waals surface area contributed by atoms with Gasteiger partial charge >= 0.3 is 0 Å². The minimum atomic E-state index is 0.370. The zero-order valence-corrected chi connectivity index (χ0v) is 21.7. The van der Waals surface area contributed by atoms with Crippen molar-refractivity contribution in [1.29, 1.82) is 0 Å². The second-order valence-electron chi connectivity index (χ2n) is 7.97. The van der Waals surface area contributed by atoms with Gasteiger partial charge < -0.3 is 23.9 Å². The van der Waals surface area contributed by atoms with E-state index in [0.717, 1.165) is 29.4 Å². The Labute approximate surface area is 214 Å². The summed E-state index contributed by atoms with van der Waals surface area (Å²) >= 11 is 0. The van der Waals surface area contributed by atoms with Crippen molar-refractivity contribution in [3.8, 4) is 28.9 Å². The Morgan fingerprint density at radius 1 is 0.833 bits per heavy atom. The van der Waals surface area contributed by atoms with Gasteiger partial charge in [0.05, 0.1) is 12.8 Å². The third kappa shape index (κ3) is 6.95. The number of anilines is 1. The lowest BCUT2D eigenvalue weighted by atomic mass is 9.96. The van der Waals surface area contributed by atoms with Crippen LogP contribution in [-0.2, 0) is 0 Å². The zero-order chi connectivity index (χ0) is 25.9. The second kappa shape index (κ2) is 13.1. The summed E-state index contributed by atoms with van der Waals surface area (Å²) in [6.45, 7) is 12.5. The van der Waals surface area contributed by atoms with Crippen molar-refractivity contribution in [3.63, 3.8) is 0 Å². The molecule has 1 heterocycles. The summed E-state index contributed by atoms with van der Waals surface area (Å²) in [6, 6.07) is 26.6. The van der Waals surface area contributed by atoms with E-state index in [9.17, 15) is 0 Å². The molecule has 5 heteroatoms. The highest BCUT2D eigenvalue weighted by atomic mass is 16.6. The van der Waals surface area contributed by atoms with Crippen LogP contribution < -0.4 is 19.5 Å². The van der Waals surface area contributed by atoms with Crippen molar-refractivity contribution in [3.05, 3.63) is 103 Å². The highest BCUT2D eigenvalue weighted by molar-refractivity contribution is 5.75. The zero-order valence-electron chi connectivity index (χ0n) is 21.7. The number of para-hydroxylation sites is 1. The molecule has 1 aromatic heterocycles. The van der Waals surface area contributed by atoms with E-state index in [1.165, 1.54) is 5.56 Å². The molecular formula is C31H35NO4. The van der Waals surface area contributed by atoms with Crippen LogP contribution in [0.5, 0.6) is 28.9 Å². The summed E-state index contributed by atoms with van der Waals surface area (Å²) < 4.78 is 23.0. The van der Waals surface area contributed by atoms with Gasteiger partial charge in [-0.2, -0.15) is 0 Å². The van der Waals surface area contributed by atoms with Crippen LogP contribution in [0.15, 0.2) is 95.9 Å². The van der Waals surface area contributed by atoms with Gasteiger partial charge in [0.2, 0.25) is 0 Å². The fourth-order valence-electron chi connectivity index (χ4n) is 3.49. The van der Waals surface area contributed by atoms with E-state index in [-0.39, 0.29) is 0 Å². The van der Waals surface area contributed by atoms with E-state index in [2.05, 4.69) is 31.8 Å². The topological polar surface area (TPSA) is 52.9 Å².